The minimum absolute atomic E-state index is 0.0729. The van der Waals surface area contributed by atoms with Crippen molar-refractivity contribution < 1.29 is 19.1 Å². The van der Waals surface area contributed by atoms with Crippen LogP contribution >= 0.6 is 0 Å². The van der Waals surface area contributed by atoms with Gasteiger partial charge in [0, 0.05) is 0 Å². The molecule has 0 aromatic rings. The van der Waals surface area contributed by atoms with E-state index in [1.54, 1.807) is 0 Å². The van der Waals surface area contributed by atoms with Crippen molar-refractivity contribution in [3.63, 3.8) is 0 Å². The third kappa shape index (κ3) is 18.3. The fourth-order valence-corrected chi connectivity index (χ4v) is 4.82. The number of hydrogen-bond donors (Lipinski definition) is 2. The van der Waals surface area contributed by atoms with Crippen molar-refractivity contribution in [2.45, 2.75) is 174 Å². The first kappa shape index (κ1) is 34.4. The smallest absolute Gasteiger partial charge is 0.408 e. The van der Waals surface area contributed by atoms with Crippen molar-refractivity contribution in [2.24, 2.45) is 0 Å². The molecule has 6 heteroatoms. The van der Waals surface area contributed by atoms with Crippen molar-refractivity contribution >= 4 is 14.4 Å². The lowest BCUT2D eigenvalue weighted by molar-refractivity contribution is 0.0342. The molecule has 0 aliphatic rings. The summed E-state index contributed by atoms with van der Waals surface area (Å²) in [5.41, 5.74) is -0.574. The van der Waals surface area contributed by atoms with Crippen molar-refractivity contribution in [2.75, 3.05) is 6.61 Å². The SMILES string of the molecule is CCCCCCCCCCCCCCC[C@H](O)[C@H](CO[Si](C)(C)C(C)(C)C)NC(=O)OC(C)(C)C. The molecule has 0 heterocycles. The molecule has 5 nitrogen and oxygen atoms in total. The summed E-state index contributed by atoms with van der Waals surface area (Å²) in [6.45, 7) is 19.1. The van der Waals surface area contributed by atoms with Crippen LogP contribution in [-0.2, 0) is 9.16 Å². The number of amides is 1. The predicted molar refractivity (Wildman–Crippen MR) is 153 cm³/mol. The van der Waals surface area contributed by atoms with E-state index in [4.69, 9.17) is 9.16 Å². The zero-order valence-electron chi connectivity index (χ0n) is 24.9. The van der Waals surface area contributed by atoms with Gasteiger partial charge in [-0.15, -0.1) is 0 Å². The highest BCUT2D eigenvalue weighted by Crippen LogP contribution is 2.36. The first-order valence-corrected chi connectivity index (χ1v) is 17.4. The minimum atomic E-state index is -1.99. The fourth-order valence-electron chi connectivity index (χ4n) is 3.79. The Balaban J connectivity index is 4.34. The molecule has 2 N–H and O–H groups in total. The zero-order chi connectivity index (χ0) is 27.0. The Hall–Kier alpha value is -0.593. The van der Waals surface area contributed by atoms with Gasteiger partial charge in [0.2, 0.25) is 0 Å². The van der Waals surface area contributed by atoms with Gasteiger partial charge in [0.1, 0.15) is 5.60 Å². The summed E-state index contributed by atoms with van der Waals surface area (Å²) in [4.78, 5) is 12.4. The number of carbonyl (C=O) groups is 1. The Morgan fingerprint density at radius 1 is 0.800 bits per heavy atom. The molecule has 0 aliphatic carbocycles. The van der Waals surface area contributed by atoms with Crippen LogP contribution in [0.3, 0.4) is 0 Å². The number of unbranched alkanes of at least 4 members (excludes halogenated alkanes) is 12. The third-order valence-corrected chi connectivity index (χ3v) is 11.7. The van der Waals surface area contributed by atoms with Crippen LogP contribution in [0.15, 0.2) is 0 Å². The first-order chi connectivity index (χ1) is 16.2. The summed E-state index contributed by atoms with van der Waals surface area (Å²) in [5.74, 6) is 0. The monoisotopic (exact) mass is 515 g/mol. The number of hydrogen-bond acceptors (Lipinski definition) is 4. The predicted octanol–water partition coefficient (Wildman–Crippen LogP) is 8.74. The number of nitrogens with one attached hydrogen (secondary N) is 1. The number of ether oxygens (including phenoxy) is 1. The maximum Gasteiger partial charge on any atom is 0.408 e. The number of alkyl carbamates (subject to hydrolysis) is 1. The third-order valence-electron chi connectivity index (χ3n) is 7.20. The normalized spacial score (nSPS) is 14.6. The standard InChI is InChI=1S/C29H61NO4Si/c1-10-11-12-13-14-15-16-17-18-19-20-21-22-23-26(31)25(30-27(32)34-28(2,3)4)24-33-35(8,9)29(5,6)7/h25-26,31H,10-24H2,1-9H3,(H,30,32)/t25-,26-/m0/s1. The lowest BCUT2D eigenvalue weighted by Crippen LogP contribution is -2.51. The van der Waals surface area contributed by atoms with Crippen LogP contribution in [0, 0.1) is 0 Å². The molecular formula is C29H61NO4Si. The first-order valence-electron chi connectivity index (χ1n) is 14.5. The maximum absolute atomic E-state index is 12.4. The quantitative estimate of drug-likeness (QED) is 0.133. The Morgan fingerprint density at radius 3 is 1.63 bits per heavy atom. The van der Waals surface area contributed by atoms with Crippen LogP contribution < -0.4 is 5.32 Å². The maximum atomic E-state index is 12.4. The molecule has 35 heavy (non-hydrogen) atoms. The zero-order valence-corrected chi connectivity index (χ0v) is 25.9. The van der Waals surface area contributed by atoms with Crippen molar-refractivity contribution in [1.29, 1.82) is 0 Å². The Labute approximate surface area is 219 Å². The molecule has 210 valence electrons. The number of aliphatic hydroxyl groups excluding tert-OH is 1. The van der Waals surface area contributed by atoms with Gasteiger partial charge in [-0.3, -0.25) is 0 Å². The van der Waals surface area contributed by atoms with E-state index in [0.717, 1.165) is 12.8 Å². The van der Waals surface area contributed by atoms with E-state index in [9.17, 15) is 9.90 Å². The van der Waals surface area contributed by atoms with Crippen LogP contribution in [0.4, 0.5) is 4.79 Å². The molecule has 0 radical (unpaired) electrons. The van der Waals surface area contributed by atoms with Crippen LogP contribution in [0.1, 0.15) is 138 Å². The second-order valence-electron chi connectivity index (χ2n) is 12.9. The average Bonchev–Trinajstić information content (AvgIpc) is 2.72. The summed E-state index contributed by atoms with van der Waals surface area (Å²) in [7, 11) is -1.99. The van der Waals surface area contributed by atoms with Gasteiger partial charge in [-0.2, -0.15) is 0 Å². The molecular weight excluding hydrogens is 454 g/mol. The molecule has 0 unspecified atom stereocenters. The number of aliphatic hydroxyl groups is 1. The van der Waals surface area contributed by atoms with Crippen LogP contribution in [0.5, 0.6) is 0 Å². The van der Waals surface area contributed by atoms with Crippen molar-refractivity contribution in [1.82, 2.24) is 5.32 Å². The van der Waals surface area contributed by atoms with Gasteiger partial charge in [-0.25, -0.2) is 4.79 Å². The van der Waals surface area contributed by atoms with E-state index in [-0.39, 0.29) is 5.04 Å². The summed E-state index contributed by atoms with van der Waals surface area (Å²) in [6, 6.07) is -0.462. The van der Waals surface area contributed by atoms with Crippen molar-refractivity contribution in [3.05, 3.63) is 0 Å². The molecule has 0 rings (SSSR count). The fraction of sp³-hybridized carbons (Fsp3) is 0.966. The molecule has 1 amide bonds. The van der Waals surface area contributed by atoms with E-state index in [0.29, 0.717) is 13.0 Å². The van der Waals surface area contributed by atoms with E-state index in [1.165, 1.54) is 70.6 Å². The Bertz CT molecular complexity index is 540. The Morgan fingerprint density at radius 2 is 1.23 bits per heavy atom. The summed E-state index contributed by atoms with van der Waals surface area (Å²) < 4.78 is 11.8. The van der Waals surface area contributed by atoms with Crippen LogP contribution in [0.25, 0.3) is 0 Å². The highest BCUT2D eigenvalue weighted by Gasteiger charge is 2.38. The molecule has 0 aliphatic heterocycles. The second-order valence-corrected chi connectivity index (χ2v) is 17.7. The molecule has 0 aromatic heterocycles. The largest absolute Gasteiger partial charge is 0.444 e. The van der Waals surface area contributed by atoms with Crippen LogP contribution in [0.2, 0.25) is 18.1 Å². The minimum Gasteiger partial charge on any atom is -0.444 e. The van der Waals surface area contributed by atoms with E-state index >= 15 is 0 Å². The number of carbonyl (C=O) groups excluding carboxylic acids is 1. The van der Waals surface area contributed by atoms with Gasteiger partial charge in [0.25, 0.3) is 0 Å². The molecule has 0 bridgehead atoms. The molecule has 0 spiro atoms. The van der Waals surface area contributed by atoms with Gasteiger partial charge < -0.3 is 19.6 Å². The second kappa shape index (κ2) is 17.8. The van der Waals surface area contributed by atoms with Crippen molar-refractivity contribution in [3.8, 4) is 0 Å². The average molecular weight is 516 g/mol. The van der Waals surface area contributed by atoms with E-state index in [2.05, 4.69) is 46.1 Å². The summed E-state index contributed by atoms with van der Waals surface area (Å²) >= 11 is 0. The van der Waals surface area contributed by atoms with E-state index in [1.807, 2.05) is 20.8 Å². The van der Waals surface area contributed by atoms with Gasteiger partial charge >= 0.3 is 6.09 Å². The van der Waals surface area contributed by atoms with E-state index < -0.39 is 32.2 Å². The molecule has 2 atom stereocenters. The summed E-state index contributed by atoms with van der Waals surface area (Å²) in [5, 5.41) is 13.9. The van der Waals surface area contributed by atoms with Crippen LogP contribution in [-0.4, -0.2) is 43.9 Å². The molecule has 0 saturated carbocycles. The lowest BCUT2D eigenvalue weighted by atomic mass is 10.0. The lowest BCUT2D eigenvalue weighted by Gasteiger charge is -2.38. The Kier molecular flexibility index (Phi) is 17.5. The summed E-state index contributed by atoms with van der Waals surface area (Å²) in [6.07, 6.45) is 16.5. The molecule has 0 saturated heterocycles. The highest BCUT2D eigenvalue weighted by atomic mass is 28.4. The molecule has 0 aromatic carbocycles. The van der Waals surface area contributed by atoms with Gasteiger partial charge in [-0.05, 0) is 45.3 Å². The highest BCUT2D eigenvalue weighted by molar-refractivity contribution is 6.74. The van der Waals surface area contributed by atoms with Gasteiger partial charge in [0.15, 0.2) is 8.32 Å². The molecule has 0 fully saturated rings. The number of rotatable bonds is 19. The van der Waals surface area contributed by atoms with Gasteiger partial charge in [-0.1, -0.05) is 111 Å². The topological polar surface area (TPSA) is 67.8 Å². The van der Waals surface area contributed by atoms with Gasteiger partial charge in [0.05, 0.1) is 18.8 Å².